The number of hydrogen-bond acceptors (Lipinski definition) is 3. The van der Waals surface area contributed by atoms with Crippen molar-refractivity contribution in [3.63, 3.8) is 0 Å². The molecule has 0 radical (unpaired) electrons. The zero-order chi connectivity index (χ0) is 25.2. The molecule has 0 fully saturated rings. The van der Waals surface area contributed by atoms with Crippen LogP contribution < -0.4 is 0 Å². The first-order chi connectivity index (χ1) is 15.6. The van der Waals surface area contributed by atoms with Crippen molar-refractivity contribution < 1.29 is 30.4 Å². The van der Waals surface area contributed by atoms with Crippen molar-refractivity contribution >= 4 is 40.8 Å². The predicted molar refractivity (Wildman–Crippen MR) is 126 cm³/mol. The summed E-state index contributed by atoms with van der Waals surface area (Å²) in [5.74, 6) is -2.69. The number of aryl methyl sites for hydroxylation is 2. The van der Waals surface area contributed by atoms with E-state index in [1.54, 1.807) is 38.7 Å². The van der Waals surface area contributed by atoms with Gasteiger partial charge in [-0.25, -0.2) is 16.8 Å². The van der Waals surface area contributed by atoms with Crippen molar-refractivity contribution in [2.75, 3.05) is 0 Å². The Bertz CT molecular complexity index is 1360. The molecule has 184 valence electrons. The maximum absolute atomic E-state index is 14.4. The van der Waals surface area contributed by atoms with Crippen LogP contribution in [-0.4, -0.2) is 26.9 Å². The molecule has 0 bridgehead atoms. The smallest absolute Gasteiger partial charge is 0.394 e. The number of alkyl halides is 3. The van der Waals surface area contributed by atoms with Crippen molar-refractivity contribution in [1.29, 1.82) is 0 Å². The quantitative estimate of drug-likeness (QED) is 0.268. The summed E-state index contributed by atoms with van der Waals surface area (Å²) in [6, 6.07) is 8.26. The van der Waals surface area contributed by atoms with Gasteiger partial charge in [0.05, 0.1) is 33.2 Å². The molecule has 1 aliphatic carbocycles. The molecule has 1 aliphatic rings. The lowest BCUT2D eigenvalue weighted by Gasteiger charge is -2.37. The topological polar surface area (TPSA) is 48.3 Å². The molecule has 0 amide bonds. The molecule has 3 aromatic rings. The lowest BCUT2D eigenvalue weighted by molar-refractivity contribution is -0.202. The van der Waals surface area contributed by atoms with E-state index in [9.17, 15) is 26.0 Å². The van der Waals surface area contributed by atoms with Crippen LogP contribution in [0.5, 0.6) is 0 Å². The summed E-state index contributed by atoms with van der Waals surface area (Å²) in [6.07, 6.45) is -6.61. The van der Waals surface area contributed by atoms with Crippen LogP contribution in [0.2, 0.25) is 24.7 Å². The molecule has 0 spiro atoms. The summed E-state index contributed by atoms with van der Waals surface area (Å²) in [4.78, 5) is -0.0980. The fourth-order valence-corrected chi connectivity index (χ4v) is 7.37. The summed E-state index contributed by atoms with van der Waals surface area (Å²) in [6.45, 7) is 7.01. The molecule has 34 heavy (non-hydrogen) atoms. The molecule has 4 nitrogen and oxygen atoms in total. The van der Waals surface area contributed by atoms with Crippen LogP contribution in [0.4, 0.5) is 17.6 Å². The third-order valence-corrected chi connectivity index (χ3v) is 8.99. The molecule has 2 aromatic carbocycles. The van der Waals surface area contributed by atoms with Crippen LogP contribution in [-0.2, 0) is 20.9 Å². The zero-order valence-electron chi connectivity index (χ0n) is 19.0. The molecule has 0 N–H and O–H groups in total. The van der Waals surface area contributed by atoms with Crippen LogP contribution in [0.1, 0.15) is 29.3 Å². The van der Waals surface area contributed by atoms with Gasteiger partial charge in [0.1, 0.15) is 5.82 Å². The second-order valence-electron chi connectivity index (χ2n) is 9.54. The van der Waals surface area contributed by atoms with Gasteiger partial charge in [0.2, 0.25) is 0 Å². The number of aromatic nitrogens is 1. The highest BCUT2D eigenvalue weighted by molar-refractivity contribution is 7.90. The van der Waals surface area contributed by atoms with Crippen LogP contribution in [0, 0.1) is 18.7 Å². The van der Waals surface area contributed by atoms with E-state index in [1.807, 2.05) is 0 Å². The summed E-state index contributed by atoms with van der Waals surface area (Å²) in [5, 5.41) is -0.207. The van der Waals surface area contributed by atoms with Crippen molar-refractivity contribution in [3.05, 3.63) is 64.1 Å². The van der Waals surface area contributed by atoms with Gasteiger partial charge in [-0.3, -0.25) is 0 Å². The molecular weight excluding hydrogens is 510 g/mol. The summed E-state index contributed by atoms with van der Waals surface area (Å²) in [5.41, 5.74) is 1.00. The number of fused-ring (bicyclic) bond motifs is 3. The largest absolute Gasteiger partial charge is 0.409 e. The molecule has 11 heteroatoms. The monoisotopic (exact) mass is 533 g/mol. The van der Waals surface area contributed by atoms with Gasteiger partial charge in [0.25, 0.3) is 10.0 Å². The van der Waals surface area contributed by atoms with Crippen molar-refractivity contribution in [3.8, 4) is 0 Å². The van der Waals surface area contributed by atoms with Gasteiger partial charge >= 0.3 is 6.18 Å². The Labute approximate surface area is 201 Å². The van der Waals surface area contributed by atoms with Gasteiger partial charge in [-0.2, -0.15) is 13.2 Å². The first-order valence-corrected chi connectivity index (χ1v) is 15.9. The Morgan fingerprint density at radius 2 is 1.71 bits per heavy atom. The highest BCUT2D eigenvalue weighted by Crippen LogP contribution is 2.51. The van der Waals surface area contributed by atoms with E-state index in [2.05, 4.69) is 0 Å². The summed E-state index contributed by atoms with van der Waals surface area (Å²) >= 11 is 6.26. The minimum Gasteiger partial charge on any atom is -0.409 e. The van der Waals surface area contributed by atoms with Gasteiger partial charge in [-0.1, -0.05) is 29.3 Å². The van der Waals surface area contributed by atoms with Gasteiger partial charge in [0.15, 0.2) is 8.32 Å². The number of halogens is 5. The minimum atomic E-state index is -4.62. The number of hydrogen-bond donors (Lipinski definition) is 0. The van der Waals surface area contributed by atoms with E-state index in [0.717, 1.165) is 15.6 Å². The molecule has 1 heterocycles. The summed E-state index contributed by atoms with van der Waals surface area (Å²) < 4.78 is 91.5. The molecule has 1 aromatic heterocycles. The fourth-order valence-electron chi connectivity index (χ4n) is 4.49. The predicted octanol–water partition coefficient (Wildman–Crippen LogP) is 7.00. The SMILES string of the molecule is Cc1ccc(S(=O)(=O)n2c3c(c4c(Cl)c(F)ccc42)CCC(C(F)(F)F)C3O[Si](C)(C)C)cc1. The van der Waals surface area contributed by atoms with Crippen LogP contribution >= 0.6 is 11.6 Å². The second-order valence-corrected chi connectivity index (χ2v) is 16.2. The average Bonchev–Trinajstić information content (AvgIpc) is 3.05. The normalized spacial score (nSPS) is 19.4. The molecule has 2 atom stereocenters. The number of nitrogens with zero attached hydrogens (tertiary/aromatic N) is 1. The summed E-state index contributed by atoms with van der Waals surface area (Å²) in [7, 11) is -6.95. The van der Waals surface area contributed by atoms with Crippen molar-refractivity contribution in [1.82, 2.24) is 3.97 Å². The van der Waals surface area contributed by atoms with Crippen molar-refractivity contribution in [2.45, 2.75) is 56.6 Å². The maximum Gasteiger partial charge on any atom is 0.394 e. The number of rotatable bonds is 4. The van der Waals surface area contributed by atoms with Crippen LogP contribution in [0.25, 0.3) is 10.9 Å². The maximum atomic E-state index is 14.4. The third kappa shape index (κ3) is 4.29. The van der Waals surface area contributed by atoms with Crippen LogP contribution in [0.15, 0.2) is 41.3 Å². The standard InChI is InChI=1S/C23H24ClF4NO3SSi/c1-13-5-7-14(8-6-13)33(30,31)29-18-12-11-17(25)20(24)19(18)15-9-10-16(23(26,27)28)22(21(15)29)32-34(2,3)4/h5-8,11-12,16,22H,9-10H2,1-4H3. The highest BCUT2D eigenvalue weighted by Gasteiger charge is 2.52. The molecule has 0 saturated carbocycles. The fraction of sp³-hybridized carbons (Fsp3) is 0.391. The molecule has 0 aliphatic heterocycles. The molecule has 2 unspecified atom stereocenters. The number of benzene rings is 2. The minimum absolute atomic E-state index is 0.0315. The third-order valence-electron chi connectivity index (χ3n) is 5.92. The van der Waals surface area contributed by atoms with Crippen molar-refractivity contribution in [2.24, 2.45) is 5.92 Å². The first kappa shape index (κ1) is 25.2. The molecule has 4 rings (SSSR count). The lowest BCUT2D eigenvalue weighted by atomic mass is 9.84. The van der Waals surface area contributed by atoms with E-state index in [4.69, 9.17) is 16.0 Å². The van der Waals surface area contributed by atoms with Gasteiger partial charge in [-0.05, 0) is 69.2 Å². The van der Waals surface area contributed by atoms with Gasteiger partial charge in [0, 0.05) is 5.39 Å². The Hall–Kier alpha value is -1.88. The van der Waals surface area contributed by atoms with Gasteiger partial charge in [-0.15, -0.1) is 0 Å². The Morgan fingerprint density at radius 3 is 2.26 bits per heavy atom. The Balaban J connectivity index is 2.12. The molecular formula is C23H24ClF4NO3SSi. The van der Waals surface area contributed by atoms with Gasteiger partial charge < -0.3 is 4.43 Å². The Kier molecular flexibility index (Phi) is 6.20. The second kappa shape index (κ2) is 8.36. The molecule has 0 saturated heterocycles. The Morgan fingerprint density at radius 1 is 1.09 bits per heavy atom. The van der Waals surface area contributed by atoms with E-state index in [1.165, 1.54) is 18.2 Å². The first-order valence-electron chi connectivity index (χ1n) is 10.7. The average molecular weight is 534 g/mol. The zero-order valence-corrected chi connectivity index (χ0v) is 21.6. The highest BCUT2D eigenvalue weighted by atomic mass is 35.5. The van der Waals surface area contributed by atoms with E-state index in [0.29, 0.717) is 0 Å². The lowest BCUT2D eigenvalue weighted by Crippen LogP contribution is -2.41. The van der Waals surface area contributed by atoms with E-state index < -0.39 is 42.4 Å². The van der Waals surface area contributed by atoms with E-state index >= 15 is 0 Å². The van der Waals surface area contributed by atoms with Crippen LogP contribution in [0.3, 0.4) is 0 Å². The van der Waals surface area contributed by atoms with E-state index in [-0.39, 0.29) is 44.9 Å².